The van der Waals surface area contributed by atoms with Crippen LogP contribution in [-0.2, 0) is 19.3 Å². The minimum atomic E-state index is -1.13. The van der Waals surface area contributed by atoms with Gasteiger partial charge < -0.3 is 45.6 Å². The molecule has 38 heavy (non-hydrogen) atoms. The Bertz CT molecular complexity index is 1450. The van der Waals surface area contributed by atoms with Gasteiger partial charge in [-0.3, -0.25) is 0 Å². The zero-order chi connectivity index (χ0) is 26.9. The van der Waals surface area contributed by atoms with Gasteiger partial charge in [0.15, 0.2) is 0 Å². The molecule has 0 fully saturated rings. The maximum Gasteiger partial charge on any atom is 0.130 e. The Labute approximate surface area is 218 Å². The first-order valence-electron chi connectivity index (χ1n) is 12.8. The second kappa shape index (κ2) is 8.89. The Balaban J connectivity index is 1.57. The van der Waals surface area contributed by atoms with E-state index in [-0.39, 0.29) is 58.8 Å². The summed E-state index contributed by atoms with van der Waals surface area (Å²) >= 11 is 0. The Morgan fingerprint density at radius 2 is 1.29 bits per heavy atom. The average molecular weight is 523 g/mol. The van der Waals surface area contributed by atoms with Crippen molar-refractivity contribution in [3.05, 3.63) is 63.2 Å². The normalized spacial score (nSPS) is 24.2. The van der Waals surface area contributed by atoms with E-state index in [1.807, 2.05) is 0 Å². The summed E-state index contributed by atoms with van der Waals surface area (Å²) in [6, 6.07) is 4.99. The molecule has 4 atom stereocenters. The van der Waals surface area contributed by atoms with Crippen LogP contribution in [0.25, 0.3) is 0 Å². The van der Waals surface area contributed by atoms with Crippen LogP contribution >= 0.6 is 0 Å². The number of aliphatic hydroxyl groups excluding tert-OH is 2. The molecule has 1 heterocycles. The molecule has 0 saturated heterocycles. The van der Waals surface area contributed by atoms with Gasteiger partial charge in [0.1, 0.15) is 46.9 Å². The van der Waals surface area contributed by atoms with Crippen molar-refractivity contribution < 1.29 is 45.6 Å². The van der Waals surface area contributed by atoms with Crippen molar-refractivity contribution in [1.82, 2.24) is 0 Å². The third-order valence-corrected chi connectivity index (χ3v) is 8.33. The number of hydrogen-bond donors (Lipinski definition) is 8. The van der Waals surface area contributed by atoms with Crippen molar-refractivity contribution >= 4 is 0 Å². The van der Waals surface area contributed by atoms with E-state index >= 15 is 0 Å². The fraction of sp³-hybridized carbons (Fsp3) is 0.379. The summed E-state index contributed by atoms with van der Waals surface area (Å²) in [6.45, 7) is -0.131. The fourth-order valence-electron chi connectivity index (χ4n) is 6.81. The predicted molar refractivity (Wildman–Crippen MR) is 135 cm³/mol. The van der Waals surface area contributed by atoms with Gasteiger partial charge in [-0.15, -0.1) is 0 Å². The smallest absolute Gasteiger partial charge is 0.130 e. The van der Waals surface area contributed by atoms with Crippen LogP contribution in [0.1, 0.15) is 70.0 Å². The van der Waals surface area contributed by atoms with Crippen LogP contribution in [0.2, 0.25) is 0 Å². The van der Waals surface area contributed by atoms with Crippen LogP contribution in [0.3, 0.4) is 0 Å². The van der Waals surface area contributed by atoms with Gasteiger partial charge in [-0.05, 0) is 43.2 Å². The molecule has 0 amide bonds. The van der Waals surface area contributed by atoms with Crippen molar-refractivity contribution in [3.8, 4) is 40.2 Å². The number of benzene rings is 3. The second-order valence-electron chi connectivity index (χ2n) is 10.6. The number of phenolic OH excluding ortho intramolecular Hbond substituents is 6. The first-order chi connectivity index (χ1) is 18.2. The molecule has 2 aliphatic carbocycles. The molecule has 0 aromatic heterocycles. The van der Waals surface area contributed by atoms with Crippen LogP contribution in [-0.4, -0.2) is 59.7 Å². The zero-order valence-corrected chi connectivity index (χ0v) is 20.6. The van der Waals surface area contributed by atoms with Gasteiger partial charge in [0, 0.05) is 70.3 Å². The molecule has 0 radical (unpaired) electrons. The Morgan fingerprint density at radius 1 is 0.632 bits per heavy atom. The molecule has 0 saturated carbocycles. The quantitative estimate of drug-likeness (QED) is 0.252. The molecule has 3 aromatic rings. The van der Waals surface area contributed by atoms with E-state index in [9.17, 15) is 40.9 Å². The Morgan fingerprint density at radius 3 is 2.05 bits per heavy atom. The molecule has 3 aromatic carbocycles. The minimum Gasteiger partial charge on any atom is -0.508 e. The molecule has 6 rings (SSSR count). The molecule has 9 heteroatoms. The zero-order valence-electron chi connectivity index (χ0n) is 20.6. The highest BCUT2D eigenvalue weighted by molar-refractivity contribution is 5.66. The summed E-state index contributed by atoms with van der Waals surface area (Å²) in [6.07, 6.45) is 1.18. The van der Waals surface area contributed by atoms with Crippen LogP contribution in [0.4, 0.5) is 0 Å². The number of aliphatic hydroxyl groups is 2. The summed E-state index contributed by atoms with van der Waals surface area (Å²) in [5.74, 6) is -2.24. The number of hydrogen-bond acceptors (Lipinski definition) is 9. The standard InChI is InChI=1S/C29H30O9/c30-12-4-5-14-17(6-12)18(32)9-20(34)25(14)15-2-1-3-16-26(15)21(35)10-22(36)27(16)29-23(37)11-38-24-8-13(31)7-19(33)28(24)29/h7-10,12,15,23,29-37H,1-6,11H2/t12?,15?,23?,29-/m1/s1. The molecular formula is C29H30O9. The summed E-state index contributed by atoms with van der Waals surface area (Å²) in [5.41, 5.74) is 3.62. The van der Waals surface area contributed by atoms with Gasteiger partial charge in [-0.2, -0.15) is 0 Å². The highest BCUT2D eigenvalue weighted by Crippen LogP contribution is 2.55. The lowest BCUT2D eigenvalue weighted by Crippen LogP contribution is -2.33. The van der Waals surface area contributed by atoms with Crippen molar-refractivity contribution in [1.29, 1.82) is 0 Å². The molecule has 9 nitrogen and oxygen atoms in total. The van der Waals surface area contributed by atoms with Crippen LogP contribution in [0, 0.1) is 0 Å². The lowest BCUT2D eigenvalue weighted by molar-refractivity contribution is 0.0745. The summed E-state index contributed by atoms with van der Waals surface area (Å²) in [5, 5.41) is 85.7. The van der Waals surface area contributed by atoms with Crippen molar-refractivity contribution in [3.63, 3.8) is 0 Å². The van der Waals surface area contributed by atoms with E-state index in [0.29, 0.717) is 59.9 Å². The van der Waals surface area contributed by atoms with Gasteiger partial charge >= 0.3 is 0 Å². The summed E-state index contributed by atoms with van der Waals surface area (Å²) in [4.78, 5) is 0. The molecule has 200 valence electrons. The monoisotopic (exact) mass is 522 g/mol. The van der Waals surface area contributed by atoms with Crippen LogP contribution in [0.15, 0.2) is 24.3 Å². The molecule has 8 N–H and O–H groups in total. The van der Waals surface area contributed by atoms with Crippen molar-refractivity contribution in [2.45, 2.75) is 62.6 Å². The minimum absolute atomic E-state index is 0.0766. The molecule has 3 aliphatic rings. The van der Waals surface area contributed by atoms with Crippen LogP contribution in [0.5, 0.6) is 40.2 Å². The SMILES string of the molecule is Oc1cc(O)c2c(c1)OCC(O)[C@@H]2c1c(O)cc(O)c2c1CCCC2c1c(O)cc(O)c2c1CCC(O)C2. The molecule has 1 aliphatic heterocycles. The molecule has 0 spiro atoms. The number of rotatable bonds is 2. The van der Waals surface area contributed by atoms with E-state index in [1.54, 1.807) is 0 Å². The first kappa shape index (κ1) is 24.5. The average Bonchev–Trinajstić information content (AvgIpc) is 2.85. The summed E-state index contributed by atoms with van der Waals surface area (Å²) in [7, 11) is 0. The summed E-state index contributed by atoms with van der Waals surface area (Å²) < 4.78 is 5.57. The maximum atomic E-state index is 11.1. The third-order valence-electron chi connectivity index (χ3n) is 8.33. The van der Waals surface area contributed by atoms with Crippen molar-refractivity contribution in [2.24, 2.45) is 0 Å². The van der Waals surface area contributed by atoms with Gasteiger partial charge in [0.2, 0.25) is 0 Å². The Hall–Kier alpha value is -3.82. The topological polar surface area (TPSA) is 171 Å². The second-order valence-corrected chi connectivity index (χ2v) is 10.6. The van der Waals surface area contributed by atoms with Crippen LogP contribution < -0.4 is 4.74 Å². The fourth-order valence-corrected chi connectivity index (χ4v) is 6.81. The van der Waals surface area contributed by atoms with E-state index in [1.165, 1.54) is 18.2 Å². The lowest BCUT2D eigenvalue weighted by atomic mass is 9.70. The maximum absolute atomic E-state index is 11.1. The first-order valence-corrected chi connectivity index (χ1v) is 12.8. The third kappa shape index (κ3) is 3.68. The van der Waals surface area contributed by atoms with E-state index in [0.717, 1.165) is 11.6 Å². The molecule has 0 bridgehead atoms. The van der Waals surface area contributed by atoms with E-state index in [2.05, 4.69) is 0 Å². The predicted octanol–water partition coefficient (Wildman–Crippen LogP) is 3.12. The number of phenols is 6. The van der Waals surface area contributed by atoms with Gasteiger partial charge in [0.05, 0.1) is 12.2 Å². The van der Waals surface area contributed by atoms with Gasteiger partial charge in [-0.1, -0.05) is 0 Å². The number of fused-ring (bicyclic) bond motifs is 3. The number of ether oxygens (including phenoxy) is 1. The lowest BCUT2D eigenvalue weighted by Gasteiger charge is -2.37. The molecule has 3 unspecified atom stereocenters. The number of aromatic hydroxyl groups is 6. The molecular weight excluding hydrogens is 492 g/mol. The highest BCUT2D eigenvalue weighted by Gasteiger charge is 2.41. The van der Waals surface area contributed by atoms with Gasteiger partial charge in [-0.25, -0.2) is 0 Å². The van der Waals surface area contributed by atoms with E-state index in [4.69, 9.17) is 4.74 Å². The largest absolute Gasteiger partial charge is 0.508 e. The van der Waals surface area contributed by atoms with Gasteiger partial charge in [0.25, 0.3) is 0 Å². The van der Waals surface area contributed by atoms with E-state index < -0.39 is 24.0 Å². The highest BCUT2D eigenvalue weighted by atomic mass is 16.5. The Kier molecular flexibility index (Phi) is 5.73. The van der Waals surface area contributed by atoms with Crippen molar-refractivity contribution in [2.75, 3.05) is 6.61 Å².